The number of aromatic nitrogens is 1. The van der Waals surface area contributed by atoms with Crippen LogP contribution >= 0.6 is 0 Å². The number of aliphatic hydroxyl groups excluding tert-OH is 1. The molecule has 4 nitrogen and oxygen atoms in total. The average Bonchev–Trinajstić information content (AvgIpc) is 2.76. The van der Waals surface area contributed by atoms with Crippen molar-refractivity contribution in [3.8, 4) is 6.07 Å². The maximum atomic E-state index is 9.21. The first kappa shape index (κ1) is 11.1. The van der Waals surface area contributed by atoms with Crippen LogP contribution in [0, 0.1) is 11.3 Å². The van der Waals surface area contributed by atoms with Crippen LogP contribution in [0.5, 0.6) is 0 Å². The zero-order chi connectivity index (χ0) is 11.4. The van der Waals surface area contributed by atoms with E-state index < -0.39 is 0 Å². The Kier molecular flexibility index (Phi) is 3.50. The highest BCUT2D eigenvalue weighted by Gasteiger charge is 2.23. The number of likely N-dealkylation sites (tertiary alicyclic amines) is 1. The normalized spacial score (nSPS) is 20.9. The van der Waals surface area contributed by atoms with E-state index in [1.165, 1.54) is 0 Å². The van der Waals surface area contributed by atoms with Gasteiger partial charge in [-0.3, -0.25) is 4.90 Å². The Bertz CT molecular complexity index is 399. The highest BCUT2D eigenvalue weighted by Crippen LogP contribution is 2.19. The molecule has 2 rings (SSSR count). The molecular formula is C12H15N3O. The van der Waals surface area contributed by atoms with Gasteiger partial charge in [0.2, 0.25) is 0 Å². The van der Waals surface area contributed by atoms with E-state index in [0.717, 1.165) is 31.5 Å². The first-order valence-corrected chi connectivity index (χ1v) is 5.53. The van der Waals surface area contributed by atoms with Crippen LogP contribution in [-0.2, 0) is 6.54 Å². The monoisotopic (exact) mass is 217 g/mol. The lowest BCUT2D eigenvalue weighted by atomic mass is 10.2. The van der Waals surface area contributed by atoms with Crippen molar-refractivity contribution in [3.05, 3.63) is 29.6 Å². The van der Waals surface area contributed by atoms with Gasteiger partial charge in [-0.2, -0.15) is 5.26 Å². The molecule has 1 saturated heterocycles. The quantitative estimate of drug-likeness (QED) is 0.817. The van der Waals surface area contributed by atoms with Gasteiger partial charge in [0.15, 0.2) is 0 Å². The molecule has 1 aliphatic rings. The van der Waals surface area contributed by atoms with Gasteiger partial charge in [-0.15, -0.1) is 0 Å². The molecule has 0 bridgehead atoms. The SMILES string of the molecule is N#Cc1cc(CN2CCC[C@@H]2CO)ccn1. The lowest BCUT2D eigenvalue weighted by Crippen LogP contribution is -2.31. The van der Waals surface area contributed by atoms with Crippen LogP contribution in [0.1, 0.15) is 24.1 Å². The Morgan fingerprint density at radius 1 is 1.62 bits per heavy atom. The molecule has 0 amide bonds. The van der Waals surface area contributed by atoms with E-state index in [2.05, 4.69) is 9.88 Å². The van der Waals surface area contributed by atoms with Gasteiger partial charge >= 0.3 is 0 Å². The first-order chi connectivity index (χ1) is 7.83. The smallest absolute Gasteiger partial charge is 0.140 e. The second-order valence-corrected chi connectivity index (χ2v) is 4.11. The Labute approximate surface area is 95.1 Å². The lowest BCUT2D eigenvalue weighted by Gasteiger charge is -2.22. The molecular weight excluding hydrogens is 202 g/mol. The standard InChI is InChI=1S/C12H15N3O/c13-7-11-6-10(3-4-14-11)8-15-5-1-2-12(15)9-16/h3-4,6,12,16H,1-2,5,8-9H2/t12-/m1/s1. The third-order valence-electron chi connectivity index (χ3n) is 3.03. The van der Waals surface area contributed by atoms with Crippen LogP contribution in [0.4, 0.5) is 0 Å². The van der Waals surface area contributed by atoms with Crippen LogP contribution in [0.25, 0.3) is 0 Å². The van der Waals surface area contributed by atoms with Crippen molar-refractivity contribution in [3.63, 3.8) is 0 Å². The minimum Gasteiger partial charge on any atom is -0.395 e. The molecule has 0 aliphatic carbocycles. The first-order valence-electron chi connectivity index (χ1n) is 5.53. The fraction of sp³-hybridized carbons (Fsp3) is 0.500. The van der Waals surface area contributed by atoms with E-state index in [9.17, 15) is 5.11 Å². The summed E-state index contributed by atoms with van der Waals surface area (Å²) in [6.07, 6.45) is 3.87. The Morgan fingerprint density at radius 2 is 2.50 bits per heavy atom. The van der Waals surface area contributed by atoms with Crippen LogP contribution in [0.15, 0.2) is 18.3 Å². The van der Waals surface area contributed by atoms with E-state index in [1.807, 2.05) is 18.2 Å². The van der Waals surface area contributed by atoms with E-state index in [0.29, 0.717) is 5.69 Å². The molecule has 1 aliphatic heterocycles. The largest absolute Gasteiger partial charge is 0.395 e. The maximum Gasteiger partial charge on any atom is 0.140 e. The lowest BCUT2D eigenvalue weighted by molar-refractivity contribution is 0.153. The van der Waals surface area contributed by atoms with Crippen molar-refractivity contribution < 1.29 is 5.11 Å². The number of aliphatic hydroxyl groups is 1. The third-order valence-corrected chi connectivity index (χ3v) is 3.03. The number of pyridine rings is 1. The average molecular weight is 217 g/mol. The molecule has 1 N–H and O–H groups in total. The van der Waals surface area contributed by atoms with E-state index in [1.54, 1.807) is 6.20 Å². The van der Waals surface area contributed by atoms with Crippen molar-refractivity contribution in [1.82, 2.24) is 9.88 Å². The molecule has 84 valence electrons. The van der Waals surface area contributed by atoms with Crippen molar-refractivity contribution in [1.29, 1.82) is 5.26 Å². The number of hydrogen-bond acceptors (Lipinski definition) is 4. The molecule has 4 heteroatoms. The summed E-state index contributed by atoms with van der Waals surface area (Å²) in [6, 6.07) is 6.05. The fourth-order valence-electron chi connectivity index (χ4n) is 2.18. The molecule has 0 saturated carbocycles. The molecule has 1 atom stereocenters. The maximum absolute atomic E-state index is 9.21. The van der Waals surface area contributed by atoms with Gasteiger partial charge in [-0.05, 0) is 37.1 Å². The Balaban J connectivity index is 2.06. The minimum atomic E-state index is 0.218. The molecule has 1 aromatic rings. The molecule has 0 spiro atoms. The Hall–Kier alpha value is -1.44. The third kappa shape index (κ3) is 2.38. The number of nitrogens with zero attached hydrogens (tertiary/aromatic N) is 3. The predicted octanol–water partition coefficient (Wildman–Crippen LogP) is 0.910. The molecule has 1 aromatic heterocycles. The minimum absolute atomic E-state index is 0.218. The van der Waals surface area contributed by atoms with Gasteiger partial charge < -0.3 is 5.11 Å². The van der Waals surface area contributed by atoms with Crippen LogP contribution < -0.4 is 0 Å². The summed E-state index contributed by atoms with van der Waals surface area (Å²) in [5, 5.41) is 18.0. The molecule has 0 radical (unpaired) electrons. The summed E-state index contributed by atoms with van der Waals surface area (Å²) in [5.74, 6) is 0. The fourth-order valence-corrected chi connectivity index (χ4v) is 2.18. The van der Waals surface area contributed by atoms with E-state index >= 15 is 0 Å². The molecule has 1 fully saturated rings. The van der Waals surface area contributed by atoms with Gasteiger partial charge in [0.25, 0.3) is 0 Å². The molecule has 2 heterocycles. The van der Waals surface area contributed by atoms with Gasteiger partial charge in [-0.25, -0.2) is 4.98 Å². The van der Waals surface area contributed by atoms with Gasteiger partial charge in [0.05, 0.1) is 6.61 Å². The van der Waals surface area contributed by atoms with Gasteiger partial charge in [0.1, 0.15) is 11.8 Å². The summed E-state index contributed by atoms with van der Waals surface area (Å²) >= 11 is 0. The molecule has 0 unspecified atom stereocenters. The van der Waals surface area contributed by atoms with Crippen LogP contribution in [-0.4, -0.2) is 34.2 Å². The highest BCUT2D eigenvalue weighted by atomic mass is 16.3. The van der Waals surface area contributed by atoms with E-state index in [4.69, 9.17) is 5.26 Å². The van der Waals surface area contributed by atoms with Crippen molar-refractivity contribution in [2.24, 2.45) is 0 Å². The summed E-state index contributed by atoms with van der Waals surface area (Å²) in [4.78, 5) is 6.20. The predicted molar refractivity (Wildman–Crippen MR) is 59.5 cm³/mol. The molecule has 0 aromatic carbocycles. The highest BCUT2D eigenvalue weighted by molar-refractivity contribution is 5.25. The topological polar surface area (TPSA) is 60.2 Å². The summed E-state index contributed by atoms with van der Waals surface area (Å²) in [5.41, 5.74) is 1.55. The Morgan fingerprint density at radius 3 is 3.25 bits per heavy atom. The van der Waals surface area contributed by atoms with Crippen molar-refractivity contribution in [2.45, 2.75) is 25.4 Å². The van der Waals surface area contributed by atoms with Crippen molar-refractivity contribution in [2.75, 3.05) is 13.2 Å². The van der Waals surface area contributed by atoms with Gasteiger partial charge in [0, 0.05) is 18.8 Å². The second kappa shape index (κ2) is 5.06. The number of hydrogen-bond donors (Lipinski definition) is 1. The summed E-state index contributed by atoms with van der Waals surface area (Å²) < 4.78 is 0. The van der Waals surface area contributed by atoms with Crippen LogP contribution in [0.3, 0.4) is 0 Å². The zero-order valence-electron chi connectivity index (χ0n) is 9.13. The summed E-state index contributed by atoms with van der Waals surface area (Å²) in [6.45, 7) is 2.04. The number of nitriles is 1. The summed E-state index contributed by atoms with van der Waals surface area (Å²) in [7, 11) is 0. The number of rotatable bonds is 3. The van der Waals surface area contributed by atoms with Crippen molar-refractivity contribution >= 4 is 0 Å². The van der Waals surface area contributed by atoms with Gasteiger partial charge in [-0.1, -0.05) is 0 Å². The second-order valence-electron chi connectivity index (χ2n) is 4.11. The zero-order valence-corrected chi connectivity index (χ0v) is 9.13. The van der Waals surface area contributed by atoms with Crippen LogP contribution in [0.2, 0.25) is 0 Å². The van der Waals surface area contributed by atoms with E-state index in [-0.39, 0.29) is 12.6 Å². The molecule has 16 heavy (non-hydrogen) atoms.